The van der Waals surface area contributed by atoms with Crippen molar-refractivity contribution in [2.75, 3.05) is 6.54 Å². The van der Waals surface area contributed by atoms with Crippen LogP contribution in [0.25, 0.3) is 0 Å². The standard InChI is InChI=1S/C12H17NO2/c1-3-10-5-6-12(7-8-13(14)15)11(4-2)9-10/h5-6,9H,3-4,7-8H2,1-2H3. The van der Waals surface area contributed by atoms with Gasteiger partial charge in [0.2, 0.25) is 6.54 Å². The lowest BCUT2D eigenvalue weighted by molar-refractivity contribution is -0.479. The molecule has 0 N–H and O–H groups in total. The molecule has 1 aromatic rings. The lowest BCUT2D eigenvalue weighted by Crippen LogP contribution is -2.06. The van der Waals surface area contributed by atoms with Gasteiger partial charge in [-0.1, -0.05) is 32.0 Å². The lowest BCUT2D eigenvalue weighted by Gasteiger charge is -2.07. The van der Waals surface area contributed by atoms with Gasteiger partial charge in [0.1, 0.15) is 0 Å². The van der Waals surface area contributed by atoms with Crippen LogP contribution in [0, 0.1) is 10.1 Å². The van der Waals surface area contributed by atoms with Gasteiger partial charge in [-0.15, -0.1) is 0 Å². The highest BCUT2D eigenvalue weighted by atomic mass is 16.6. The molecule has 82 valence electrons. The monoisotopic (exact) mass is 207 g/mol. The predicted octanol–water partition coefficient (Wildman–Crippen LogP) is 2.63. The first-order valence-corrected chi connectivity index (χ1v) is 5.39. The van der Waals surface area contributed by atoms with E-state index in [0.717, 1.165) is 18.4 Å². The smallest absolute Gasteiger partial charge is 0.207 e. The topological polar surface area (TPSA) is 43.1 Å². The van der Waals surface area contributed by atoms with E-state index in [-0.39, 0.29) is 11.5 Å². The minimum absolute atomic E-state index is 0.0263. The number of nitro groups is 1. The van der Waals surface area contributed by atoms with Crippen molar-refractivity contribution >= 4 is 0 Å². The van der Waals surface area contributed by atoms with Gasteiger partial charge >= 0.3 is 0 Å². The molecule has 0 radical (unpaired) electrons. The van der Waals surface area contributed by atoms with Crippen LogP contribution in [0.1, 0.15) is 30.5 Å². The second-order valence-corrected chi connectivity index (χ2v) is 3.62. The molecule has 0 bridgehead atoms. The number of hydrogen-bond acceptors (Lipinski definition) is 2. The third kappa shape index (κ3) is 3.35. The maximum absolute atomic E-state index is 10.3. The predicted molar refractivity (Wildman–Crippen MR) is 60.8 cm³/mol. The molecule has 0 fully saturated rings. The highest BCUT2D eigenvalue weighted by Crippen LogP contribution is 2.14. The summed E-state index contributed by atoms with van der Waals surface area (Å²) in [6.45, 7) is 4.23. The average molecular weight is 207 g/mol. The Balaban J connectivity index is 2.82. The Morgan fingerprint density at radius 3 is 2.47 bits per heavy atom. The molecular formula is C12H17NO2. The largest absolute Gasteiger partial charge is 0.265 e. The molecule has 3 nitrogen and oxygen atoms in total. The van der Waals surface area contributed by atoms with Crippen LogP contribution in [0.3, 0.4) is 0 Å². The van der Waals surface area contributed by atoms with Crippen LogP contribution >= 0.6 is 0 Å². The van der Waals surface area contributed by atoms with Gasteiger partial charge in [-0.3, -0.25) is 10.1 Å². The first-order chi connectivity index (χ1) is 7.17. The van der Waals surface area contributed by atoms with Crippen molar-refractivity contribution in [2.45, 2.75) is 33.1 Å². The summed E-state index contributed by atoms with van der Waals surface area (Å²) in [7, 11) is 0. The zero-order chi connectivity index (χ0) is 11.3. The molecular weight excluding hydrogens is 190 g/mol. The summed E-state index contributed by atoms with van der Waals surface area (Å²) in [5.74, 6) is 0. The molecule has 0 aliphatic carbocycles. The molecule has 1 aromatic carbocycles. The van der Waals surface area contributed by atoms with Gasteiger partial charge in [0, 0.05) is 11.3 Å². The summed E-state index contributed by atoms with van der Waals surface area (Å²) < 4.78 is 0. The summed E-state index contributed by atoms with van der Waals surface area (Å²) in [6, 6.07) is 6.25. The number of aryl methyl sites for hydroxylation is 2. The normalized spacial score (nSPS) is 10.3. The number of hydrogen-bond donors (Lipinski definition) is 0. The van der Waals surface area contributed by atoms with Crippen LogP contribution in [-0.2, 0) is 19.3 Å². The average Bonchev–Trinajstić information content (AvgIpc) is 2.25. The molecule has 0 saturated carbocycles. The van der Waals surface area contributed by atoms with Crippen molar-refractivity contribution in [2.24, 2.45) is 0 Å². The van der Waals surface area contributed by atoms with Gasteiger partial charge in [0.15, 0.2) is 0 Å². The Hall–Kier alpha value is -1.38. The van der Waals surface area contributed by atoms with E-state index >= 15 is 0 Å². The summed E-state index contributed by atoms with van der Waals surface area (Å²) in [5, 5.41) is 10.3. The molecule has 0 amide bonds. The van der Waals surface area contributed by atoms with Crippen molar-refractivity contribution in [1.82, 2.24) is 0 Å². The fraction of sp³-hybridized carbons (Fsp3) is 0.500. The number of nitrogens with zero attached hydrogens (tertiary/aromatic N) is 1. The molecule has 0 atom stereocenters. The van der Waals surface area contributed by atoms with E-state index in [4.69, 9.17) is 0 Å². The summed E-state index contributed by atoms with van der Waals surface area (Å²) in [6.07, 6.45) is 2.50. The van der Waals surface area contributed by atoms with Crippen LogP contribution in [0.2, 0.25) is 0 Å². The summed E-state index contributed by atoms with van der Waals surface area (Å²) in [4.78, 5) is 10.0. The molecule has 3 heteroatoms. The van der Waals surface area contributed by atoms with Crippen molar-refractivity contribution in [3.8, 4) is 0 Å². The van der Waals surface area contributed by atoms with Crippen LogP contribution in [0.5, 0.6) is 0 Å². The molecule has 15 heavy (non-hydrogen) atoms. The van der Waals surface area contributed by atoms with Crippen molar-refractivity contribution < 1.29 is 4.92 Å². The number of rotatable bonds is 5. The molecule has 0 aromatic heterocycles. The first-order valence-electron chi connectivity index (χ1n) is 5.39. The minimum atomic E-state index is -0.257. The Bertz CT molecular complexity index is 347. The van der Waals surface area contributed by atoms with Crippen LogP contribution in [-0.4, -0.2) is 11.5 Å². The zero-order valence-electron chi connectivity index (χ0n) is 9.32. The first kappa shape index (κ1) is 11.7. The van der Waals surface area contributed by atoms with Crippen molar-refractivity contribution in [3.63, 3.8) is 0 Å². The minimum Gasteiger partial charge on any atom is -0.265 e. The quantitative estimate of drug-likeness (QED) is 0.550. The van der Waals surface area contributed by atoms with Gasteiger partial charge in [0.05, 0.1) is 0 Å². The van der Waals surface area contributed by atoms with E-state index in [2.05, 4.69) is 26.0 Å². The second kappa shape index (κ2) is 5.49. The molecule has 0 unspecified atom stereocenters. The van der Waals surface area contributed by atoms with Crippen molar-refractivity contribution in [3.05, 3.63) is 45.0 Å². The Labute approximate surface area is 90.3 Å². The SMILES string of the molecule is CCc1ccc(CC[N+](=O)[O-])c(CC)c1. The zero-order valence-corrected chi connectivity index (χ0v) is 9.32. The van der Waals surface area contributed by atoms with E-state index in [9.17, 15) is 10.1 Å². The van der Waals surface area contributed by atoms with E-state index in [1.165, 1.54) is 11.1 Å². The van der Waals surface area contributed by atoms with Gasteiger partial charge < -0.3 is 0 Å². The van der Waals surface area contributed by atoms with Gasteiger partial charge in [0.25, 0.3) is 0 Å². The third-order valence-electron chi connectivity index (χ3n) is 2.62. The van der Waals surface area contributed by atoms with Gasteiger partial charge in [-0.05, 0) is 29.5 Å². The Kier molecular flexibility index (Phi) is 4.28. The molecule has 0 aliphatic rings. The summed E-state index contributed by atoms with van der Waals surface area (Å²) >= 11 is 0. The van der Waals surface area contributed by atoms with Gasteiger partial charge in [-0.25, -0.2) is 0 Å². The van der Waals surface area contributed by atoms with E-state index < -0.39 is 0 Å². The van der Waals surface area contributed by atoms with Gasteiger partial charge in [-0.2, -0.15) is 0 Å². The lowest BCUT2D eigenvalue weighted by atomic mass is 9.99. The van der Waals surface area contributed by atoms with Crippen LogP contribution in [0.4, 0.5) is 0 Å². The molecule has 0 heterocycles. The molecule has 1 rings (SSSR count). The third-order valence-corrected chi connectivity index (χ3v) is 2.62. The Morgan fingerprint density at radius 2 is 1.93 bits per heavy atom. The second-order valence-electron chi connectivity index (χ2n) is 3.62. The molecule has 0 spiro atoms. The molecule has 0 saturated heterocycles. The molecule has 0 aliphatic heterocycles. The van der Waals surface area contributed by atoms with Crippen molar-refractivity contribution in [1.29, 1.82) is 0 Å². The fourth-order valence-electron chi connectivity index (χ4n) is 1.68. The highest BCUT2D eigenvalue weighted by Gasteiger charge is 2.05. The van der Waals surface area contributed by atoms with E-state index in [1.54, 1.807) is 0 Å². The Morgan fingerprint density at radius 1 is 1.20 bits per heavy atom. The highest BCUT2D eigenvalue weighted by molar-refractivity contribution is 5.32. The van der Waals surface area contributed by atoms with E-state index in [0.29, 0.717) is 6.42 Å². The maximum Gasteiger partial charge on any atom is 0.207 e. The van der Waals surface area contributed by atoms with Crippen LogP contribution < -0.4 is 0 Å². The van der Waals surface area contributed by atoms with E-state index in [1.807, 2.05) is 6.07 Å². The van der Waals surface area contributed by atoms with Crippen LogP contribution in [0.15, 0.2) is 18.2 Å². The fourth-order valence-corrected chi connectivity index (χ4v) is 1.68. The maximum atomic E-state index is 10.3. The number of benzene rings is 1. The summed E-state index contributed by atoms with van der Waals surface area (Å²) in [5.41, 5.74) is 3.67.